The van der Waals surface area contributed by atoms with Crippen LogP contribution < -0.4 is 5.32 Å². The van der Waals surface area contributed by atoms with Gasteiger partial charge >= 0.3 is 0 Å². The first kappa shape index (κ1) is 11.6. The summed E-state index contributed by atoms with van der Waals surface area (Å²) in [5, 5.41) is 6.45. The Kier molecular flexibility index (Phi) is 2.08. The molecule has 21 heavy (non-hydrogen) atoms. The zero-order chi connectivity index (χ0) is 14.0. The molecule has 0 spiro atoms. The van der Waals surface area contributed by atoms with Gasteiger partial charge in [0.2, 0.25) is 0 Å². The molecule has 0 bridgehead atoms. The summed E-state index contributed by atoms with van der Waals surface area (Å²) in [6, 6.07) is 13.6. The van der Waals surface area contributed by atoms with Gasteiger partial charge in [0.25, 0.3) is 0 Å². The van der Waals surface area contributed by atoms with Crippen molar-refractivity contribution in [3.63, 3.8) is 0 Å². The highest BCUT2D eigenvalue weighted by Crippen LogP contribution is 2.50. The Bertz CT molecular complexity index is 947. The van der Waals surface area contributed by atoms with Crippen LogP contribution in [0.1, 0.15) is 12.5 Å². The second-order valence-electron chi connectivity index (χ2n) is 6.11. The Morgan fingerprint density at radius 3 is 2.90 bits per heavy atom. The second kappa shape index (κ2) is 3.77. The molecule has 2 heterocycles. The number of hydrogen-bond donors (Lipinski definition) is 1. The molecule has 3 aromatic rings. The smallest absolute Gasteiger partial charge is 0.0577 e. The highest BCUT2D eigenvalue weighted by molar-refractivity contribution is 7.26. The quantitative estimate of drug-likeness (QED) is 0.597. The fraction of sp³-hybridized carbons (Fsp3) is 0.158. The van der Waals surface area contributed by atoms with E-state index in [9.17, 15) is 0 Å². The van der Waals surface area contributed by atoms with Gasteiger partial charge in [0.15, 0.2) is 0 Å². The molecule has 2 atom stereocenters. The largest absolute Gasteiger partial charge is 0.377 e. The van der Waals surface area contributed by atoms with Crippen LogP contribution in [0.2, 0.25) is 0 Å². The Hall–Kier alpha value is -2.06. The van der Waals surface area contributed by atoms with Gasteiger partial charge < -0.3 is 5.32 Å². The van der Waals surface area contributed by atoms with E-state index in [0.717, 1.165) is 0 Å². The molecule has 1 aromatic heterocycles. The third-order valence-corrected chi connectivity index (χ3v) is 6.10. The van der Waals surface area contributed by atoms with Gasteiger partial charge in [0.1, 0.15) is 0 Å². The average molecular weight is 289 g/mol. The van der Waals surface area contributed by atoms with Crippen LogP contribution in [-0.2, 0) is 5.41 Å². The van der Waals surface area contributed by atoms with Crippen molar-refractivity contribution >= 4 is 37.2 Å². The lowest BCUT2D eigenvalue weighted by molar-refractivity contribution is 0.583. The normalized spacial score (nSPS) is 26.0. The van der Waals surface area contributed by atoms with Crippen molar-refractivity contribution in [1.29, 1.82) is 0 Å². The molecule has 0 saturated heterocycles. The van der Waals surface area contributed by atoms with Gasteiger partial charge in [-0.1, -0.05) is 48.6 Å². The summed E-state index contributed by atoms with van der Waals surface area (Å²) in [7, 11) is 0. The fourth-order valence-corrected chi connectivity index (χ4v) is 5.16. The first-order valence-corrected chi connectivity index (χ1v) is 8.16. The Morgan fingerprint density at radius 1 is 1.05 bits per heavy atom. The van der Waals surface area contributed by atoms with Crippen LogP contribution in [0.5, 0.6) is 0 Å². The number of rotatable bonds is 0. The standard InChI is InChI=1S/C19H15NS/c1-19-11-5-4-8-16(19)20-14-10-9-13-12-6-2-3-7-15(12)21-18(13)17(14)19/h2-11,16,20H,1H3. The molecule has 2 aliphatic rings. The van der Waals surface area contributed by atoms with Crippen molar-refractivity contribution in [3.8, 4) is 0 Å². The molecule has 2 aromatic carbocycles. The van der Waals surface area contributed by atoms with E-state index >= 15 is 0 Å². The highest BCUT2D eigenvalue weighted by atomic mass is 32.1. The van der Waals surface area contributed by atoms with Gasteiger partial charge in [-0.2, -0.15) is 0 Å². The predicted octanol–water partition coefficient (Wildman–Crippen LogP) is 5.23. The summed E-state index contributed by atoms with van der Waals surface area (Å²) in [5.74, 6) is 0. The van der Waals surface area contributed by atoms with Crippen molar-refractivity contribution < 1.29 is 0 Å². The van der Waals surface area contributed by atoms with E-state index < -0.39 is 0 Å². The number of thiophene rings is 1. The van der Waals surface area contributed by atoms with Crippen molar-refractivity contribution in [1.82, 2.24) is 0 Å². The Morgan fingerprint density at radius 2 is 1.95 bits per heavy atom. The highest BCUT2D eigenvalue weighted by Gasteiger charge is 2.42. The van der Waals surface area contributed by atoms with E-state index in [1.165, 1.54) is 31.4 Å². The van der Waals surface area contributed by atoms with Crippen LogP contribution in [-0.4, -0.2) is 6.04 Å². The molecule has 5 rings (SSSR count). The monoisotopic (exact) mass is 289 g/mol. The van der Waals surface area contributed by atoms with Crippen LogP contribution in [0.4, 0.5) is 5.69 Å². The minimum atomic E-state index is 0.0600. The van der Waals surface area contributed by atoms with Crippen LogP contribution in [0.25, 0.3) is 20.2 Å². The molecule has 0 saturated carbocycles. The summed E-state index contributed by atoms with van der Waals surface area (Å²) >= 11 is 1.92. The number of hydrogen-bond acceptors (Lipinski definition) is 2. The number of allylic oxidation sites excluding steroid dienone is 2. The fourth-order valence-electron chi connectivity index (χ4n) is 3.78. The molecule has 0 amide bonds. The number of fused-ring (bicyclic) bond motifs is 7. The van der Waals surface area contributed by atoms with Crippen molar-refractivity contribution in [2.24, 2.45) is 0 Å². The first-order chi connectivity index (χ1) is 10.3. The van der Waals surface area contributed by atoms with E-state index in [1.54, 1.807) is 0 Å². The van der Waals surface area contributed by atoms with Gasteiger partial charge in [0.05, 0.1) is 6.04 Å². The molecule has 2 unspecified atom stereocenters. The van der Waals surface area contributed by atoms with Crippen LogP contribution >= 0.6 is 11.3 Å². The molecule has 2 heteroatoms. The van der Waals surface area contributed by atoms with Crippen LogP contribution in [0, 0.1) is 0 Å². The number of anilines is 1. The molecule has 102 valence electrons. The zero-order valence-corrected chi connectivity index (χ0v) is 12.6. The van der Waals surface area contributed by atoms with Gasteiger partial charge in [-0.25, -0.2) is 0 Å². The van der Waals surface area contributed by atoms with Gasteiger partial charge in [-0.3, -0.25) is 0 Å². The SMILES string of the molecule is CC12C=CC=CC1Nc1ccc3c(sc4ccccc43)c12. The van der Waals surface area contributed by atoms with E-state index in [1.807, 2.05) is 11.3 Å². The lowest BCUT2D eigenvalue weighted by Crippen LogP contribution is -2.33. The maximum atomic E-state index is 3.68. The van der Waals surface area contributed by atoms with E-state index in [0.29, 0.717) is 6.04 Å². The molecule has 1 N–H and O–H groups in total. The molecular weight excluding hydrogens is 274 g/mol. The maximum absolute atomic E-state index is 3.68. The average Bonchev–Trinajstić information content (AvgIpc) is 3.01. The molecule has 0 fully saturated rings. The minimum Gasteiger partial charge on any atom is -0.377 e. The maximum Gasteiger partial charge on any atom is 0.0577 e. The van der Waals surface area contributed by atoms with Gasteiger partial charge in [0, 0.05) is 36.8 Å². The summed E-state index contributed by atoms with van der Waals surface area (Å²) in [6.45, 7) is 2.35. The summed E-state index contributed by atoms with van der Waals surface area (Å²) < 4.78 is 2.81. The van der Waals surface area contributed by atoms with E-state index in [2.05, 4.69) is 72.9 Å². The van der Waals surface area contributed by atoms with Gasteiger partial charge in [-0.05, 0) is 19.1 Å². The summed E-state index contributed by atoms with van der Waals surface area (Å²) in [4.78, 5) is 0. The molecule has 1 aliphatic heterocycles. The minimum absolute atomic E-state index is 0.0600. The number of nitrogens with one attached hydrogen (secondary N) is 1. The lowest BCUT2D eigenvalue weighted by atomic mass is 9.76. The van der Waals surface area contributed by atoms with Crippen molar-refractivity contribution in [3.05, 3.63) is 66.3 Å². The van der Waals surface area contributed by atoms with Crippen molar-refractivity contribution in [2.75, 3.05) is 5.32 Å². The van der Waals surface area contributed by atoms with Crippen molar-refractivity contribution in [2.45, 2.75) is 18.4 Å². The number of benzene rings is 2. The first-order valence-electron chi connectivity index (χ1n) is 7.35. The third-order valence-electron chi connectivity index (χ3n) is 4.90. The molecule has 0 radical (unpaired) electrons. The van der Waals surface area contributed by atoms with E-state index in [-0.39, 0.29) is 5.41 Å². The van der Waals surface area contributed by atoms with Crippen LogP contribution in [0.3, 0.4) is 0 Å². The Labute approximate surface area is 127 Å². The van der Waals surface area contributed by atoms with Crippen LogP contribution in [0.15, 0.2) is 60.7 Å². The zero-order valence-electron chi connectivity index (χ0n) is 11.8. The topological polar surface area (TPSA) is 12.0 Å². The second-order valence-corrected chi connectivity index (χ2v) is 7.16. The summed E-state index contributed by atoms with van der Waals surface area (Å²) in [6.07, 6.45) is 8.95. The predicted molar refractivity (Wildman–Crippen MR) is 92.4 cm³/mol. The summed E-state index contributed by atoms with van der Waals surface area (Å²) in [5.41, 5.74) is 2.81. The lowest BCUT2D eigenvalue weighted by Gasteiger charge is -2.28. The Balaban J connectivity index is 1.93. The molecule has 1 aliphatic carbocycles. The third kappa shape index (κ3) is 1.36. The molecule has 1 nitrogen and oxygen atoms in total. The van der Waals surface area contributed by atoms with Gasteiger partial charge in [-0.15, -0.1) is 11.3 Å². The van der Waals surface area contributed by atoms with E-state index in [4.69, 9.17) is 0 Å². The molecular formula is C19H15NS.